The van der Waals surface area contributed by atoms with E-state index < -0.39 is 16.1 Å². The van der Waals surface area contributed by atoms with Crippen molar-refractivity contribution in [2.45, 2.75) is 4.90 Å². The van der Waals surface area contributed by atoms with Crippen molar-refractivity contribution in [1.82, 2.24) is 9.97 Å². The molecule has 4 aromatic rings. The molecule has 0 spiro atoms. The molecule has 2 N–H and O–H groups in total. The van der Waals surface area contributed by atoms with E-state index in [2.05, 4.69) is 9.97 Å². The van der Waals surface area contributed by atoms with Crippen LogP contribution < -0.4 is 4.18 Å². The smallest absolute Gasteiger partial charge is 0.339 e. The van der Waals surface area contributed by atoms with Gasteiger partial charge in [0, 0.05) is 5.56 Å². The molecule has 0 saturated heterocycles. The fourth-order valence-electron chi connectivity index (χ4n) is 2.70. The summed E-state index contributed by atoms with van der Waals surface area (Å²) in [4.78, 5) is 18.4. The molecule has 140 valence electrons. The third-order valence-electron chi connectivity index (χ3n) is 4.10. The van der Waals surface area contributed by atoms with Gasteiger partial charge in [0.1, 0.15) is 16.5 Å². The SMILES string of the molecule is O=C(O)c1ccc(OS(=O)(=O)c2ccc3nc(-c4ccccc4)[nH]c3c2)cc1. The third kappa shape index (κ3) is 3.45. The summed E-state index contributed by atoms with van der Waals surface area (Å²) in [5, 5.41) is 8.90. The summed E-state index contributed by atoms with van der Waals surface area (Å²) >= 11 is 0. The number of carboxylic acid groups (broad SMARTS) is 1. The van der Waals surface area contributed by atoms with Gasteiger partial charge in [0.2, 0.25) is 0 Å². The second kappa shape index (κ2) is 6.82. The molecule has 3 aromatic carbocycles. The molecule has 0 aliphatic rings. The van der Waals surface area contributed by atoms with E-state index in [1.165, 1.54) is 36.4 Å². The second-order valence-electron chi connectivity index (χ2n) is 6.00. The monoisotopic (exact) mass is 394 g/mol. The summed E-state index contributed by atoms with van der Waals surface area (Å²) in [6, 6.07) is 19.1. The van der Waals surface area contributed by atoms with Crippen LogP contribution in [-0.4, -0.2) is 29.5 Å². The lowest BCUT2D eigenvalue weighted by Gasteiger charge is -2.07. The van der Waals surface area contributed by atoms with Crippen molar-refractivity contribution in [2.75, 3.05) is 0 Å². The summed E-state index contributed by atoms with van der Waals surface area (Å²) in [6.07, 6.45) is 0. The number of rotatable bonds is 5. The summed E-state index contributed by atoms with van der Waals surface area (Å²) in [5.74, 6) is -0.441. The number of H-pyrrole nitrogens is 1. The molecule has 0 bridgehead atoms. The van der Waals surface area contributed by atoms with E-state index >= 15 is 0 Å². The molecule has 0 unspecified atom stereocenters. The minimum atomic E-state index is -4.09. The van der Waals surface area contributed by atoms with Crippen molar-refractivity contribution in [3.8, 4) is 17.1 Å². The van der Waals surface area contributed by atoms with Gasteiger partial charge in [-0.05, 0) is 42.5 Å². The van der Waals surface area contributed by atoms with E-state index in [1.807, 2.05) is 30.3 Å². The summed E-state index contributed by atoms with van der Waals surface area (Å²) < 4.78 is 30.2. The molecule has 0 aliphatic heterocycles. The zero-order chi connectivity index (χ0) is 19.7. The summed E-state index contributed by atoms with van der Waals surface area (Å²) in [6.45, 7) is 0. The highest BCUT2D eigenvalue weighted by molar-refractivity contribution is 7.87. The van der Waals surface area contributed by atoms with Crippen LogP contribution in [0.1, 0.15) is 10.4 Å². The van der Waals surface area contributed by atoms with E-state index in [9.17, 15) is 13.2 Å². The third-order valence-corrected chi connectivity index (χ3v) is 5.34. The fourth-order valence-corrected chi connectivity index (χ4v) is 3.66. The van der Waals surface area contributed by atoms with Gasteiger partial charge in [-0.15, -0.1) is 0 Å². The Morgan fingerprint density at radius 3 is 2.36 bits per heavy atom. The average molecular weight is 394 g/mol. The summed E-state index contributed by atoms with van der Waals surface area (Å²) in [5.41, 5.74) is 2.11. The number of imidazole rings is 1. The lowest BCUT2D eigenvalue weighted by molar-refractivity contribution is 0.0697. The number of fused-ring (bicyclic) bond motifs is 1. The maximum absolute atomic E-state index is 12.6. The van der Waals surface area contributed by atoms with Crippen LogP contribution >= 0.6 is 0 Å². The van der Waals surface area contributed by atoms with Crippen molar-refractivity contribution < 1.29 is 22.5 Å². The van der Waals surface area contributed by atoms with Crippen LogP contribution in [-0.2, 0) is 10.1 Å². The lowest BCUT2D eigenvalue weighted by Crippen LogP contribution is -2.09. The largest absolute Gasteiger partial charge is 0.478 e. The molecule has 0 radical (unpaired) electrons. The zero-order valence-corrected chi connectivity index (χ0v) is 15.2. The Morgan fingerprint density at radius 1 is 0.964 bits per heavy atom. The first kappa shape index (κ1) is 17.7. The van der Waals surface area contributed by atoms with Gasteiger partial charge in [-0.3, -0.25) is 0 Å². The maximum Gasteiger partial charge on any atom is 0.339 e. The number of aromatic amines is 1. The van der Waals surface area contributed by atoms with E-state index in [-0.39, 0.29) is 16.2 Å². The Bertz CT molecular complexity index is 1260. The Kier molecular flexibility index (Phi) is 4.32. The van der Waals surface area contributed by atoms with Crippen molar-refractivity contribution >= 4 is 27.1 Å². The van der Waals surface area contributed by atoms with Crippen LogP contribution in [0, 0.1) is 0 Å². The first-order chi connectivity index (χ1) is 13.4. The minimum absolute atomic E-state index is 0.0275. The van der Waals surface area contributed by atoms with Gasteiger partial charge in [0.05, 0.1) is 16.6 Å². The number of benzene rings is 3. The summed E-state index contributed by atoms with van der Waals surface area (Å²) in [7, 11) is -4.09. The van der Waals surface area contributed by atoms with Gasteiger partial charge in [0.25, 0.3) is 0 Å². The number of aromatic nitrogens is 2. The molecule has 0 fully saturated rings. The van der Waals surface area contributed by atoms with Crippen molar-refractivity contribution in [2.24, 2.45) is 0 Å². The Labute approximate surface area is 160 Å². The van der Waals surface area contributed by atoms with E-state index in [0.29, 0.717) is 16.9 Å². The van der Waals surface area contributed by atoms with E-state index in [1.54, 1.807) is 6.07 Å². The van der Waals surface area contributed by atoms with Gasteiger partial charge >= 0.3 is 16.1 Å². The van der Waals surface area contributed by atoms with Crippen LogP contribution in [0.2, 0.25) is 0 Å². The zero-order valence-electron chi connectivity index (χ0n) is 14.4. The molecule has 8 heteroatoms. The highest BCUT2D eigenvalue weighted by Gasteiger charge is 2.18. The molecule has 4 rings (SSSR count). The van der Waals surface area contributed by atoms with E-state index in [4.69, 9.17) is 9.29 Å². The minimum Gasteiger partial charge on any atom is -0.478 e. The highest BCUT2D eigenvalue weighted by Crippen LogP contribution is 2.25. The topological polar surface area (TPSA) is 109 Å². The molecule has 0 aliphatic carbocycles. The number of aromatic carboxylic acids is 1. The number of hydrogen-bond acceptors (Lipinski definition) is 5. The molecule has 1 heterocycles. The van der Waals surface area contributed by atoms with Gasteiger partial charge in [-0.2, -0.15) is 8.42 Å². The molecule has 0 atom stereocenters. The molecule has 0 saturated carbocycles. The van der Waals surface area contributed by atoms with Gasteiger partial charge < -0.3 is 14.3 Å². The van der Waals surface area contributed by atoms with Gasteiger partial charge in [-0.25, -0.2) is 9.78 Å². The van der Waals surface area contributed by atoms with Gasteiger partial charge in [0.15, 0.2) is 0 Å². The van der Waals surface area contributed by atoms with Crippen molar-refractivity contribution in [3.05, 3.63) is 78.4 Å². The first-order valence-electron chi connectivity index (χ1n) is 8.25. The Morgan fingerprint density at radius 2 is 1.68 bits per heavy atom. The first-order valence-corrected chi connectivity index (χ1v) is 9.66. The Balaban J connectivity index is 1.64. The normalized spacial score (nSPS) is 11.4. The lowest BCUT2D eigenvalue weighted by atomic mass is 10.2. The molecular weight excluding hydrogens is 380 g/mol. The molecule has 1 aromatic heterocycles. The number of hydrogen-bond donors (Lipinski definition) is 2. The highest BCUT2D eigenvalue weighted by atomic mass is 32.2. The average Bonchev–Trinajstić information content (AvgIpc) is 3.12. The maximum atomic E-state index is 12.6. The predicted octanol–water partition coefficient (Wildman–Crippen LogP) is 3.70. The van der Waals surface area contributed by atoms with Crippen molar-refractivity contribution in [3.63, 3.8) is 0 Å². The van der Waals surface area contributed by atoms with E-state index in [0.717, 1.165) is 5.56 Å². The number of carboxylic acids is 1. The van der Waals surface area contributed by atoms with Crippen LogP contribution in [0.4, 0.5) is 0 Å². The Hall–Kier alpha value is -3.65. The standard InChI is InChI=1S/C20H14N2O5S/c23-20(24)14-6-8-15(9-7-14)27-28(25,26)16-10-11-17-18(12-16)22-19(21-17)13-4-2-1-3-5-13/h1-12H,(H,21,22)(H,23,24). The van der Waals surface area contributed by atoms with Crippen LogP contribution in [0.25, 0.3) is 22.4 Å². The molecule has 28 heavy (non-hydrogen) atoms. The quantitative estimate of drug-likeness (QED) is 0.500. The molecule has 7 nitrogen and oxygen atoms in total. The number of carbonyl (C=O) groups is 1. The molecular formula is C20H14N2O5S. The second-order valence-corrected chi connectivity index (χ2v) is 7.54. The van der Waals surface area contributed by atoms with Crippen LogP contribution in [0.15, 0.2) is 77.7 Å². The van der Waals surface area contributed by atoms with Gasteiger partial charge in [-0.1, -0.05) is 30.3 Å². The number of nitrogens with one attached hydrogen (secondary N) is 1. The predicted molar refractivity (Wildman–Crippen MR) is 103 cm³/mol. The van der Waals surface area contributed by atoms with Crippen molar-refractivity contribution in [1.29, 1.82) is 0 Å². The number of nitrogens with zero attached hydrogens (tertiary/aromatic N) is 1. The fraction of sp³-hybridized carbons (Fsp3) is 0. The van der Waals surface area contributed by atoms with Crippen LogP contribution in [0.5, 0.6) is 5.75 Å². The van der Waals surface area contributed by atoms with Crippen LogP contribution in [0.3, 0.4) is 0 Å². The molecule has 0 amide bonds.